The van der Waals surface area contributed by atoms with Crippen LogP contribution in [-0.2, 0) is 17.8 Å². The molecule has 0 radical (unpaired) electrons. The summed E-state index contributed by atoms with van der Waals surface area (Å²) in [5.41, 5.74) is 3.06. The zero-order chi connectivity index (χ0) is 17.6. The van der Waals surface area contributed by atoms with Crippen LogP contribution < -0.4 is 5.32 Å². The molecule has 0 saturated carbocycles. The largest absolute Gasteiger partial charge is 0.341 e. The summed E-state index contributed by atoms with van der Waals surface area (Å²) in [5.74, 6) is 0.288. The van der Waals surface area contributed by atoms with E-state index in [1.54, 1.807) is 6.92 Å². The van der Waals surface area contributed by atoms with Crippen LogP contribution in [0.2, 0.25) is 0 Å². The third kappa shape index (κ3) is 4.77. The number of hydrogen-bond acceptors (Lipinski definition) is 3. The van der Waals surface area contributed by atoms with Crippen molar-refractivity contribution in [3.8, 4) is 0 Å². The van der Waals surface area contributed by atoms with Crippen molar-refractivity contribution in [1.29, 1.82) is 0 Å². The van der Waals surface area contributed by atoms with Crippen LogP contribution in [0.1, 0.15) is 34.8 Å². The van der Waals surface area contributed by atoms with E-state index in [1.807, 2.05) is 47.4 Å². The number of nitrogens with zero attached hydrogens (tertiary/aromatic N) is 1. The number of carbonyl (C=O) groups is 2. The molecule has 130 valence electrons. The summed E-state index contributed by atoms with van der Waals surface area (Å²) in [7, 11) is 0. The predicted molar refractivity (Wildman–Crippen MR) is 98.4 cm³/mol. The van der Waals surface area contributed by atoms with Gasteiger partial charge in [-0.3, -0.25) is 9.59 Å². The number of ketones is 1. The molecule has 0 bridgehead atoms. The Kier molecular flexibility index (Phi) is 5.61. The molecular weight excluding hydrogens is 312 g/mol. The number of hydrogen-bond donors (Lipinski definition) is 1. The van der Waals surface area contributed by atoms with Gasteiger partial charge in [0, 0.05) is 37.7 Å². The minimum atomic E-state index is 0.0741. The summed E-state index contributed by atoms with van der Waals surface area (Å²) in [5, 5.41) is 3.45. The molecule has 1 N–H and O–H groups in total. The van der Waals surface area contributed by atoms with Crippen LogP contribution in [-0.4, -0.2) is 35.7 Å². The van der Waals surface area contributed by atoms with Gasteiger partial charge in [-0.1, -0.05) is 48.5 Å². The van der Waals surface area contributed by atoms with Gasteiger partial charge >= 0.3 is 0 Å². The van der Waals surface area contributed by atoms with Crippen molar-refractivity contribution in [2.45, 2.75) is 32.4 Å². The molecule has 2 aromatic rings. The second-order valence-corrected chi connectivity index (χ2v) is 6.61. The number of benzene rings is 2. The van der Waals surface area contributed by atoms with Crippen molar-refractivity contribution in [3.05, 3.63) is 71.3 Å². The van der Waals surface area contributed by atoms with Crippen molar-refractivity contribution in [3.63, 3.8) is 0 Å². The van der Waals surface area contributed by atoms with Crippen LogP contribution in [0, 0.1) is 0 Å². The molecule has 3 rings (SSSR count). The van der Waals surface area contributed by atoms with Gasteiger partial charge in [0.1, 0.15) is 0 Å². The summed E-state index contributed by atoms with van der Waals surface area (Å²) in [6, 6.07) is 18.1. The maximum Gasteiger partial charge on any atom is 0.224 e. The van der Waals surface area contributed by atoms with Crippen LogP contribution in [0.15, 0.2) is 54.6 Å². The van der Waals surface area contributed by atoms with E-state index in [4.69, 9.17) is 0 Å². The molecule has 0 aliphatic carbocycles. The minimum absolute atomic E-state index is 0.0741. The molecule has 1 fully saturated rings. The van der Waals surface area contributed by atoms with Crippen molar-refractivity contribution >= 4 is 11.7 Å². The predicted octanol–water partition coefficient (Wildman–Crippen LogP) is 2.82. The zero-order valence-corrected chi connectivity index (χ0v) is 14.6. The molecule has 1 amide bonds. The van der Waals surface area contributed by atoms with E-state index in [0.717, 1.165) is 30.6 Å². The Bertz CT molecular complexity index is 743. The molecule has 0 aromatic heterocycles. The van der Waals surface area contributed by atoms with E-state index in [-0.39, 0.29) is 17.7 Å². The standard InChI is InChI=1S/C21H24N2O2/c1-16(24)19-9-5-8-18(12-19)14-22-20-13-21(25)23(15-20)11-10-17-6-3-2-4-7-17/h2-9,12,20,22H,10-11,13-15H2,1H3. The van der Waals surface area contributed by atoms with Crippen molar-refractivity contribution in [2.24, 2.45) is 0 Å². The van der Waals surface area contributed by atoms with Crippen LogP contribution in [0.25, 0.3) is 0 Å². The lowest BCUT2D eigenvalue weighted by atomic mass is 10.1. The van der Waals surface area contributed by atoms with E-state index < -0.39 is 0 Å². The fourth-order valence-corrected chi connectivity index (χ4v) is 3.20. The summed E-state index contributed by atoms with van der Waals surface area (Å²) < 4.78 is 0. The molecule has 4 nitrogen and oxygen atoms in total. The highest BCUT2D eigenvalue weighted by Crippen LogP contribution is 2.14. The minimum Gasteiger partial charge on any atom is -0.341 e. The lowest BCUT2D eigenvalue weighted by Gasteiger charge is -2.17. The van der Waals surface area contributed by atoms with E-state index in [0.29, 0.717) is 13.0 Å². The SMILES string of the molecule is CC(=O)c1cccc(CNC2CC(=O)N(CCc3ccccc3)C2)c1. The van der Waals surface area contributed by atoms with Crippen molar-refractivity contribution < 1.29 is 9.59 Å². The fourth-order valence-electron chi connectivity index (χ4n) is 3.20. The summed E-state index contributed by atoms with van der Waals surface area (Å²) >= 11 is 0. The first-order valence-corrected chi connectivity index (χ1v) is 8.77. The molecule has 4 heteroatoms. The number of nitrogens with one attached hydrogen (secondary N) is 1. The van der Waals surface area contributed by atoms with E-state index in [2.05, 4.69) is 17.4 Å². The van der Waals surface area contributed by atoms with E-state index in [9.17, 15) is 9.59 Å². The van der Waals surface area contributed by atoms with Crippen LogP contribution in [0.3, 0.4) is 0 Å². The lowest BCUT2D eigenvalue weighted by molar-refractivity contribution is -0.127. The summed E-state index contributed by atoms with van der Waals surface area (Å²) in [6.45, 7) is 3.76. The highest BCUT2D eigenvalue weighted by molar-refractivity contribution is 5.94. The Morgan fingerprint density at radius 2 is 1.88 bits per heavy atom. The number of amides is 1. The van der Waals surface area contributed by atoms with Gasteiger partial charge < -0.3 is 10.2 Å². The lowest BCUT2D eigenvalue weighted by Crippen LogP contribution is -2.33. The molecule has 1 unspecified atom stereocenters. The normalized spacial score (nSPS) is 17.1. The first-order valence-electron chi connectivity index (χ1n) is 8.77. The van der Waals surface area contributed by atoms with Gasteiger partial charge in [-0.25, -0.2) is 0 Å². The van der Waals surface area contributed by atoms with E-state index >= 15 is 0 Å². The number of Topliss-reactive ketones (excluding diaryl/α,β-unsaturated/α-hetero) is 1. The summed E-state index contributed by atoms with van der Waals surface area (Å²) in [6.07, 6.45) is 1.43. The topological polar surface area (TPSA) is 49.4 Å². The average Bonchev–Trinajstić information content (AvgIpc) is 2.99. The van der Waals surface area contributed by atoms with Gasteiger partial charge in [-0.15, -0.1) is 0 Å². The van der Waals surface area contributed by atoms with Gasteiger partial charge in [0.2, 0.25) is 5.91 Å². The van der Waals surface area contributed by atoms with Crippen molar-refractivity contribution in [2.75, 3.05) is 13.1 Å². The Labute approximate surface area is 148 Å². The monoisotopic (exact) mass is 336 g/mol. The van der Waals surface area contributed by atoms with Gasteiger partial charge in [0.05, 0.1) is 0 Å². The number of rotatable bonds is 7. The molecule has 2 aromatic carbocycles. The molecular formula is C21H24N2O2. The van der Waals surface area contributed by atoms with Gasteiger partial charge in [-0.2, -0.15) is 0 Å². The smallest absolute Gasteiger partial charge is 0.224 e. The van der Waals surface area contributed by atoms with Gasteiger partial charge in [0.25, 0.3) is 0 Å². The molecule has 25 heavy (non-hydrogen) atoms. The Morgan fingerprint density at radius 1 is 1.12 bits per heavy atom. The maximum atomic E-state index is 12.2. The van der Waals surface area contributed by atoms with E-state index in [1.165, 1.54) is 5.56 Å². The Hall–Kier alpha value is -2.46. The molecule has 1 saturated heterocycles. The van der Waals surface area contributed by atoms with Gasteiger partial charge in [-0.05, 0) is 30.5 Å². The second-order valence-electron chi connectivity index (χ2n) is 6.61. The zero-order valence-electron chi connectivity index (χ0n) is 14.6. The molecule has 1 heterocycles. The van der Waals surface area contributed by atoms with Crippen LogP contribution >= 0.6 is 0 Å². The Balaban J connectivity index is 1.49. The van der Waals surface area contributed by atoms with Crippen LogP contribution in [0.4, 0.5) is 0 Å². The van der Waals surface area contributed by atoms with Crippen molar-refractivity contribution in [1.82, 2.24) is 10.2 Å². The number of likely N-dealkylation sites (tertiary alicyclic amines) is 1. The second kappa shape index (κ2) is 8.08. The summed E-state index contributed by atoms with van der Waals surface area (Å²) in [4.78, 5) is 25.6. The quantitative estimate of drug-likeness (QED) is 0.791. The average molecular weight is 336 g/mol. The molecule has 1 aliphatic rings. The molecule has 0 spiro atoms. The third-order valence-electron chi connectivity index (χ3n) is 4.66. The van der Waals surface area contributed by atoms with Gasteiger partial charge in [0.15, 0.2) is 5.78 Å². The fraction of sp³-hybridized carbons (Fsp3) is 0.333. The molecule has 1 aliphatic heterocycles. The van der Waals surface area contributed by atoms with Crippen LogP contribution in [0.5, 0.6) is 0 Å². The highest BCUT2D eigenvalue weighted by atomic mass is 16.2. The number of carbonyl (C=O) groups excluding carboxylic acids is 2. The Morgan fingerprint density at radius 3 is 2.64 bits per heavy atom. The maximum absolute atomic E-state index is 12.2. The molecule has 1 atom stereocenters. The third-order valence-corrected chi connectivity index (χ3v) is 4.66. The first kappa shape index (κ1) is 17.4. The highest BCUT2D eigenvalue weighted by Gasteiger charge is 2.28. The first-order chi connectivity index (χ1) is 12.1.